The summed E-state index contributed by atoms with van der Waals surface area (Å²) >= 11 is 0. The molecule has 172 valence electrons. The molecule has 2 atom stereocenters. The van der Waals surface area contributed by atoms with Gasteiger partial charge >= 0.3 is 6.09 Å². The Balaban J connectivity index is 1.49. The SMILES string of the molecule is COCc1c2n(c3cc(C4OCCCO4)cc(OCc4ccccc4)c13)C[C@@H]1NC(=O)O[C@H]21. The van der Waals surface area contributed by atoms with Gasteiger partial charge in [0.15, 0.2) is 12.4 Å². The second-order valence-electron chi connectivity index (χ2n) is 8.60. The number of aromatic nitrogens is 1. The molecule has 0 bridgehead atoms. The summed E-state index contributed by atoms with van der Waals surface area (Å²) in [5.41, 5.74) is 4.94. The topological polar surface area (TPSA) is 80.2 Å². The lowest BCUT2D eigenvalue weighted by Gasteiger charge is -2.24. The molecule has 3 aliphatic heterocycles. The smallest absolute Gasteiger partial charge is 0.408 e. The van der Waals surface area contributed by atoms with Gasteiger partial charge in [-0.3, -0.25) is 0 Å². The second kappa shape index (κ2) is 8.37. The van der Waals surface area contributed by atoms with Crippen molar-refractivity contribution < 1.29 is 28.5 Å². The number of amides is 1. The first-order valence-corrected chi connectivity index (χ1v) is 11.3. The Bertz CT molecular complexity index is 1180. The van der Waals surface area contributed by atoms with Gasteiger partial charge in [0.2, 0.25) is 0 Å². The van der Waals surface area contributed by atoms with Gasteiger partial charge in [0, 0.05) is 30.2 Å². The number of carbonyl (C=O) groups is 1. The number of fused-ring (bicyclic) bond motifs is 5. The van der Waals surface area contributed by atoms with Crippen molar-refractivity contribution >= 4 is 17.0 Å². The summed E-state index contributed by atoms with van der Waals surface area (Å²) in [6.07, 6.45) is -0.274. The highest BCUT2D eigenvalue weighted by atomic mass is 16.7. The summed E-state index contributed by atoms with van der Waals surface area (Å²) < 4.78 is 31.6. The minimum Gasteiger partial charge on any atom is -0.488 e. The molecule has 8 heteroatoms. The molecule has 6 rings (SSSR count). The van der Waals surface area contributed by atoms with Crippen LogP contribution >= 0.6 is 0 Å². The Morgan fingerprint density at radius 1 is 1.12 bits per heavy atom. The summed E-state index contributed by atoms with van der Waals surface area (Å²) in [4.78, 5) is 11.9. The zero-order chi connectivity index (χ0) is 22.4. The molecule has 1 aromatic heterocycles. The number of nitrogens with one attached hydrogen (secondary N) is 1. The number of rotatable bonds is 6. The van der Waals surface area contributed by atoms with Crippen molar-refractivity contribution in [3.05, 3.63) is 64.8 Å². The molecule has 0 radical (unpaired) electrons. The van der Waals surface area contributed by atoms with E-state index in [2.05, 4.69) is 16.0 Å². The van der Waals surface area contributed by atoms with E-state index < -0.39 is 6.29 Å². The quantitative estimate of drug-likeness (QED) is 0.612. The molecule has 3 aromatic rings. The third kappa shape index (κ3) is 3.55. The largest absolute Gasteiger partial charge is 0.488 e. The summed E-state index contributed by atoms with van der Waals surface area (Å²) in [6, 6.07) is 14.1. The Morgan fingerprint density at radius 3 is 2.73 bits per heavy atom. The molecule has 2 aromatic carbocycles. The maximum atomic E-state index is 11.9. The number of alkyl carbamates (subject to hydrolysis) is 1. The highest BCUT2D eigenvalue weighted by Gasteiger charge is 2.45. The molecule has 1 amide bonds. The van der Waals surface area contributed by atoms with E-state index in [1.807, 2.05) is 36.4 Å². The Morgan fingerprint density at radius 2 is 1.94 bits per heavy atom. The monoisotopic (exact) mass is 450 g/mol. The van der Waals surface area contributed by atoms with E-state index in [0.29, 0.717) is 33.0 Å². The van der Waals surface area contributed by atoms with Crippen LogP contribution in [0.4, 0.5) is 4.79 Å². The highest BCUT2D eigenvalue weighted by Crippen LogP contribution is 2.46. The fourth-order valence-corrected chi connectivity index (χ4v) is 5.08. The van der Waals surface area contributed by atoms with Crippen molar-refractivity contribution in [3.8, 4) is 5.75 Å². The van der Waals surface area contributed by atoms with E-state index >= 15 is 0 Å². The average Bonchev–Trinajstić information content (AvgIpc) is 3.47. The van der Waals surface area contributed by atoms with Crippen LogP contribution in [0.15, 0.2) is 42.5 Å². The van der Waals surface area contributed by atoms with Gasteiger partial charge in [-0.25, -0.2) is 4.79 Å². The van der Waals surface area contributed by atoms with E-state index in [-0.39, 0.29) is 18.2 Å². The minimum atomic E-state index is -0.434. The van der Waals surface area contributed by atoms with Crippen LogP contribution in [-0.4, -0.2) is 37.0 Å². The Kier molecular flexibility index (Phi) is 5.21. The number of carbonyl (C=O) groups excluding carboxylic acids is 1. The summed E-state index contributed by atoms with van der Waals surface area (Å²) in [6.45, 7) is 2.76. The van der Waals surface area contributed by atoms with Gasteiger partial charge in [0.05, 0.1) is 37.1 Å². The van der Waals surface area contributed by atoms with Crippen molar-refractivity contribution in [3.63, 3.8) is 0 Å². The van der Waals surface area contributed by atoms with Crippen LogP contribution in [0.1, 0.15) is 41.2 Å². The van der Waals surface area contributed by atoms with Crippen LogP contribution in [0, 0.1) is 0 Å². The van der Waals surface area contributed by atoms with Crippen LogP contribution in [0.5, 0.6) is 5.75 Å². The summed E-state index contributed by atoms with van der Waals surface area (Å²) in [5.74, 6) is 0.743. The zero-order valence-corrected chi connectivity index (χ0v) is 18.4. The molecule has 1 N–H and O–H groups in total. The molecule has 4 heterocycles. The van der Waals surface area contributed by atoms with Gasteiger partial charge in [0.25, 0.3) is 0 Å². The van der Waals surface area contributed by atoms with Crippen LogP contribution in [-0.2, 0) is 38.7 Å². The molecule has 0 aliphatic carbocycles. The fourth-order valence-electron chi connectivity index (χ4n) is 5.08. The average molecular weight is 450 g/mol. The number of methoxy groups -OCH3 is 1. The number of ether oxygens (including phenoxy) is 5. The number of nitrogens with zero attached hydrogens (tertiary/aromatic N) is 1. The lowest BCUT2D eigenvalue weighted by atomic mass is 10.0. The van der Waals surface area contributed by atoms with E-state index in [9.17, 15) is 4.79 Å². The van der Waals surface area contributed by atoms with Crippen LogP contribution in [0.3, 0.4) is 0 Å². The van der Waals surface area contributed by atoms with Crippen molar-refractivity contribution in [2.45, 2.75) is 44.6 Å². The zero-order valence-electron chi connectivity index (χ0n) is 18.4. The number of benzene rings is 2. The van der Waals surface area contributed by atoms with Crippen LogP contribution in [0.25, 0.3) is 10.9 Å². The first-order chi connectivity index (χ1) is 16.2. The molecular formula is C25H26N2O6. The molecule has 2 fully saturated rings. The predicted octanol–water partition coefficient (Wildman–Crippen LogP) is 3.97. The highest BCUT2D eigenvalue weighted by molar-refractivity contribution is 5.93. The van der Waals surface area contributed by atoms with E-state index in [1.54, 1.807) is 7.11 Å². The van der Waals surface area contributed by atoms with Crippen LogP contribution in [0.2, 0.25) is 0 Å². The van der Waals surface area contributed by atoms with Crippen molar-refractivity contribution in [1.82, 2.24) is 9.88 Å². The van der Waals surface area contributed by atoms with E-state index in [0.717, 1.165) is 45.5 Å². The third-order valence-electron chi connectivity index (χ3n) is 6.47. The predicted molar refractivity (Wildman–Crippen MR) is 119 cm³/mol. The Labute approximate surface area is 191 Å². The standard InChI is InChI=1S/C25H26N2O6/c1-29-14-17-21-19(27-12-18-23(22(17)27)33-25(28)26-18)10-16(24-30-8-5-9-31-24)11-20(21)32-13-15-6-3-2-4-7-15/h2-4,6-7,10-11,18,23-24H,5,8-9,12-14H2,1H3,(H,26,28)/t18-,23-/m0/s1. The fraction of sp³-hybridized carbons (Fsp3) is 0.400. The summed E-state index contributed by atoms with van der Waals surface area (Å²) in [7, 11) is 1.67. The molecule has 3 aliphatic rings. The maximum Gasteiger partial charge on any atom is 0.408 e. The van der Waals surface area contributed by atoms with Crippen LogP contribution < -0.4 is 10.1 Å². The normalized spacial score (nSPS) is 22.2. The first kappa shape index (κ1) is 20.5. The minimum absolute atomic E-state index is 0.0907. The Hall–Kier alpha value is -3.07. The van der Waals surface area contributed by atoms with Gasteiger partial charge in [-0.2, -0.15) is 0 Å². The van der Waals surface area contributed by atoms with Gasteiger partial charge < -0.3 is 33.6 Å². The molecule has 33 heavy (non-hydrogen) atoms. The van der Waals surface area contributed by atoms with E-state index in [1.165, 1.54) is 0 Å². The van der Waals surface area contributed by atoms with Gasteiger partial charge in [0.1, 0.15) is 12.4 Å². The van der Waals surface area contributed by atoms with Crippen molar-refractivity contribution in [1.29, 1.82) is 0 Å². The summed E-state index contributed by atoms with van der Waals surface area (Å²) in [5, 5.41) is 3.89. The molecule has 0 spiro atoms. The third-order valence-corrected chi connectivity index (χ3v) is 6.47. The number of hydrogen-bond donors (Lipinski definition) is 1. The molecule has 0 saturated carbocycles. The lowest BCUT2D eigenvalue weighted by molar-refractivity contribution is -0.183. The first-order valence-electron chi connectivity index (χ1n) is 11.3. The molecule has 0 unspecified atom stereocenters. The molecule has 2 saturated heterocycles. The number of hydrogen-bond acceptors (Lipinski definition) is 6. The van der Waals surface area contributed by atoms with Gasteiger partial charge in [-0.1, -0.05) is 30.3 Å². The molecular weight excluding hydrogens is 424 g/mol. The lowest BCUT2D eigenvalue weighted by Crippen LogP contribution is -2.27. The maximum absolute atomic E-state index is 11.9. The van der Waals surface area contributed by atoms with Crippen molar-refractivity contribution in [2.24, 2.45) is 0 Å². The van der Waals surface area contributed by atoms with Gasteiger partial charge in [-0.15, -0.1) is 0 Å². The molecule has 8 nitrogen and oxygen atoms in total. The second-order valence-corrected chi connectivity index (χ2v) is 8.60. The van der Waals surface area contributed by atoms with Gasteiger partial charge in [-0.05, 0) is 24.1 Å². The van der Waals surface area contributed by atoms with Crippen molar-refractivity contribution in [2.75, 3.05) is 20.3 Å². The van der Waals surface area contributed by atoms with E-state index in [4.69, 9.17) is 23.7 Å².